The Kier molecular flexibility index (Phi) is 4.60. The first-order chi connectivity index (χ1) is 8.20. The number of hydrogen-bond donors (Lipinski definition) is 1. The molecule has 1 aromatic heterocycles. The molecule has 0 radical (unpaired) electrons. The van der Waals surface area contributed by atoms with E-state index in [1.807, 2.05) is 0 Å². The predicted molar refractivity (Wildman–Crippen MR) is 75.1 cm³/mol. The molecule has 1 heterocycles. The normalized spacial score (nSPS) is 17.9. The number of rotatable bonds is 7. The van der Waals surface area contributed by atoms with Crippen molar-refractivity contribution < 1.29 is 0 Å². The van der Waals surface area contributed by atoms with Crippen LogP contribution in [0.1, 0.15) is 32.3 Å². The molecule has 0 amide bonds. The van der Waals surface area contributed by atoms with Crippen LogP contribution >= 0.6 is 11.3 Å². The summed E-state index contributed by atoms with van der Waals surface area (Å²) in [6, 6.07) is 3.06. The molecule has 0 aliphatic heterocycles. The van der Waals surface area contributed by atoms with Gasteiger partial charge in [-0.1, -0.05) is 13.8 Å². The number of hydrogen-bond acceptors (Lipinski definition) is 3. The highest BCUT2D eigenvalue weighted by atomic mass is 32.1. The fraction of sp³-hybridized carbons (Fsp3) is 0.714. The van der Waals surface area contributed by atoms with Crippen LogP contribution in [0, 0.1) is 11.8 Å². The van der Waals surface area contributed by atoms with Gasteiger partial charge in [-0.05, 0) is 53.6 Å². The van der Waals surface area contributed by atoms with Gasteiger partial charge in [0.15, 0.2) is 0 Å². The Labute approximate surface area is 109 Å². The Morgan fingerprint density at radius 2 is 2.24 bits per heavy atom. The average Bonchev–Trinajstić information content (AvgIpc) is 3.02. The minimum Gasteiger partial charge on any atom is -0.330 e. The molecule has 96 valence electrons. The van der Waals surface area contributed by atoms with E-state index < -0.39 is 0 Å². The molecule has 2 nitrogen and oxygen atoms in total. The van der Waals surface area contributed by atoms with E-state index in [1.165, 1.54) is 18.4 Å². The maximum atomic E-state index is 5.89. The lowest BCUT2D eigenvalue weighted by atomic mass is 9.95. The van der Waals surface area contributed by atoms with Crippen LogP contribution in [-0.2, 0) is 6.54 Å². The second kappa shape index (κ2) is 5.98. The van der Waals surface area contributed by atoms with Crippen LogP contribution in [0.15, 0.2) is 16.8 Å². The topological polar surface area (TPSA) is 29.3 Å². The highest BCUT2D eigenvalue weighted by Crippen LogP contribution is 2.30. The van der Waals surface area contributed by atoms with Crippen molar-refractivity contribution >= 4 is 11.3 Å². The highest BCUT2D eigenvalue weighted by molar-refractivity contribution is 7.07. The smallest absolute Gasteiger partial charge is 0.0245 e. The Balaban J connectivity index is 1.92. The third-order valence-corrected chi connectivity index (χ3v) is 4.48. The fourth-order valence-corrected chi connectivity index (χ4v) is 2.92. The van der Waals surface area contributed by atoms with Crippen molar-refractivity contribution in [3.8, 4) is 0 Å². The summed E-state index contributed by atoms with van der Waals surface area (Å²) in [6.07, 6.45) is 2.75. The van der Waals surface area contributed by atoms with Crippen LogP contribution in [0.2, 0.25) is 0 Å². The Morgan fingerprint density at radius 1 is 1.47 bits per heavy atom. The summed E-state index contributed by atoms with van der Waals surface area (Å²) < 4.78 is 0. The van der Waals surface area contributed by atoms with E-state index >= 15 is 0 Å². The molecule has 1 saturated carbocycles. The molecule has 2 rings (SSSR count). The molecular formula is C14H24N2S. The summed E-state index contributed by atoms with van der Waals surface area (Å²) >= 11 is 1.79. The Hall–Kier alpha value is -0.380. The van der Waals surface area contributed by atoms with E-state index in [-0.39, 0.29) is 0 Å². The van der Waals surface area contributed by atoms with Crippen LogP contribution in [-0.4, -0.2) is 24.0 Å². The molecule has 0 bridgehead atoms. The summed E-state index contributed by atoms with van der Waals surface area (Å²) in [4.78, 5) is 2.64. The summed E-state index contributed by atoms with van der Waals surface area (Å²) in [7, 11) is 0. The summed E-state index contributed by atoms with van der Waals surface area (Å²) in [5, 5.41) is 4.44. The molecule has 1 aromatic rings. The summed E-state index contributed by atoms with van der Waals surface area (Å²) in [5.74, 6) is 1.32. The van der Waals surface area contributed by atoms with Crippen molar-refractivity contribution in [2.24, 2.45) is 17.6 Å². The largest absolute Gasteiger partial charge is 0.330 e. The van der Waals surface area contributed by atoms with Crippen molar-refractivity contribution in [3.63, 3.8) is 0 Å². The molecule has 17 heavy (non-hydrogen) atoms. The molecular weight excluding hydrogens is 228 g/mol. The lowest BCUT2D eigenvalue weighted by Crippen LogP contribution is -2.36. The lowest BCUT2D eigenvalue weighted by molar-refractivity contribution is 0.189. The maximum Gasteiger partial charge on any atom is 0.0245 e. The highest BCUT2D eigenvalue weighted by Gasteiger charge is 2.30. The number of nitrogens with zero attached hydrogens (tertiary/aromatic N) is 1. The van der Waals surface area contributed by atoms with E-state index in [9.17, 15) is 0 Å². The second-order valence-corrected chi connectivity index (χ2v) is 6.31. The van der Waals surface area contributed by atoms with E-state index in [4.69, 9.17) is 5.73 Å². The number of nitrogens with two attached hydrogens (primary N) is 1. The van der Waals surface area contributed by atoms with Crippen molar-refractivity contribution in [1.82, 2.24) is 4.90 Å². The van der Waals surface area contributed by atoms with Crippen molar-refractivity contribution in [2.75, 3.05) is 13.1 Å². The first-order valence-electron chi connectivity index (χ1n) is 6.66. The molecule has 1 unspecified atom stereocenters. The van der Waals surface area contributed by atoms with Gasteiger partial charge in [0.2, 0.25) is 0 Å². The predicted octanol–water partition coefficient (Wildman–Crippen LogP) is 2.94. The standard InChI is InChI=1S/C14H24N2S/c1-11(2)13(7-15)9-16(14-3-4-14)8-12-5-6-17-10-12/h5-6,10-11,13-14H,3-4,7-9,15H2,1-2H3. The molecule has 1 aliphatic carbocycles. The molecule has 3 heteroatoms. The van der Waals surface area contributed by atoms with Gasteiger partial charge < -0.3 is 5.73 Å². The zero-order chi connectivity index (χ0) is 12.3. The zero-order valence-corrected chi connectivity index (χ0v) is 11.7. The van der Waals surface area contributed by atoms with Crippen LogP contribution in [0.5, 0.6) is 0 Å². The Morgan fingerprint density at radius 3 is 2.71 bits per heavy atom. The lowest BCUT2D eigenvalue weighted by Gasteiger charge is -2.28. The van der Waals surface area contributed by atoms with Crippen LogP contribution in [0.25, 0.3) is 0 Å². The van der Waals surface area contributed by atoms with E-state index in [1.54, 1.807) is 11.3 Å². The third kappa shape index (κ3) is 3.80. The molecule has 2 N–H and O–H groups in total. The van der Waals surface area contributed by atoms with E-state index in [0.717, 1.165) is 25.7 Å². The molecule has 0 aromatic carbocycles. The maximum absolute atomic E-state index is 5.89. The van der Waals surface area contributed by atoms with Gasteiger partial charge in [-0.3, -0.25) is 4.90 Å². The van der Waals surface area contributed by atoms with Gasteiger partial charge in [-0.2, -0.15) is 11.3 Å². The van der Waals surface area contributed by atoms with Crippen molar-refractivity contribution in [1.29, 1.82) is 0 Å². The van der Waals surface area contributed by atoms with Crippen LogP contribution in [0.3, 0.4) is 0 Å². The van der Waals surface area contributed by atoms with Gasteiger partial charge in [-0.25, -0.2) is 0 Å². The molecule has 0 spiro atoms. The van der Waals surface area contributed by atoms with Gasteiger partial charge in [-0.15, -0.1) is 0 Å². The fourth-order valence-electron chi connectivity index (χ4n) is 2.26. The molecule has 1 atom stereocenters. The summed E-state index contributed by atoms with van der Waals surface area (Å²) in [5.41, 5.74) is 7.35. The van der Waals surface area contributed by atoms with Crippen LogP contribution < -0.4 is 5.73 Å². The van der Waals surface area contributed by atoms with Gasteiger partial charge in [0.1, 0.15) is 0 Å². The second-order valence-electron chi connectivity index (χ2n) is 5.53. The quantitative estimate of drug-likeness (QED) is 0.808. The third-order valence-electron chi connectivity index (χ3n) is 3.74. The van der Waals surface area contributed by atoms with Crippen LogP contribution in [0.4, 0.5) is 0 Å². The molecule has 0 saturated heterocycles. The summed E-state index contributed by atoms with van der Waals surface area (Å²) in [6.45, 7) is 7.65. The number of thiophene rings is 1. The van der Waals surface area contributed by atoms with Gasteiger partial charge in [0.25, 0.3) is 0 Å². The van der Waals surface area contributed by atoms with Gasteiger partial charge >= 0.3 is 0 Å². The van der Waals surface area contributed by atoms with E-state index in [2.05, 4.69) is 35.6 Å². The SMILES string of the molecule is CC(C)C(CN)CN(Cc1ccsc1)C1CC1. The van der Waals surface area contributed by atoms with E-state index in [0.29, 0.717) is 11.8 Å². The minimum absolute atomic E-state index is 0.634. The minimum atomic E-state index is 0.634. The van der Waals surface area contributed by atoms with Crippen molar-refractivity contribution in [2.45, 2.75) is 39.3 Å². The first-order valence-corrected chi connectivity index (χ1v) is 7.60. The monoisotopic (exact) mass is 252 g/mol. The van der Waals surface area contributed by atoms with Crippen molar-refractivity contribution in [3.05, 3.63) is 22.4 Å². The first kappa shape index (κ1) is 13.1. The zero-order valence-electron chi connectivity index (χ0n) is 10.9. The Bertz CT molecular complexity index is 317. The average molecular weight is 252 g/mol. The van der Waals surface area contributed by atoms with Gasteiger partial charge in [0, 0.05) is 19.1 Å². The molecule has 1 fully saturated rings. The van der Waals surface area contributed by atoms with Gasteiger partial charge in [0.05, 0.1) is 0 Å². The molecule has 1 aliphatic rings.